The van der Waals surface area contributed by atoms with E-state index in [1.165, 1.54) is 25.9 Å². The second kappa shape index (κ2) is 8.11. The molecule has 5 heteroatoms. The molecule has 0 radical (unpaired) electrons. The summed E-state index contributed by atoms with van der Waals surface area (Å²) in [5, 5.41) is 0. The number of rotatable bonds is 6. The molecular weight excluding hydrogens is 266 g/mol. The largest absolute Gasteiger partial charge is 0.366 e. The van der Waals surface area contributed by atoms with Gasteiger partial charge in [-0.3, -0.25) is 4.79 Å². The maximum absolute atomic E-state index is 12.0. The minimum atomic E-state index is -0.262. The van der Waals surface area contributed by atoms with Crippen molar-refractivity contribution >= 4 is 5.91 Å². The Labute approximate surface area is 130 Å². The van der Waals surface area contributed by atoms with Gasteiger partial charge >= 0.3 is 0 Å². The van der Waals surface area contributed by atoms with E-state index in [4.69, 9.17) is 4.74 Å². The minimum absolute atomic E-state index is 0.0571. The molecule has 0 atom stereocenters. The topological polar surface area (TPSA) is 36.0 Å². The Morgan fingerprint density at radius 3 is 2.29 bits per heavy atom. The third-order valence-corrected chi connectivity index (χ3v) is 4.15. The van der Waals surface area contributed by atoms with Crippen LogP contribution in [0.5, 0.6) is 0 Å². The van der Waals surface area contributed by atoms with Gasteiger partial charge in [0.1, 0.15) is 6.61 Å². The first-order valence-electron chi connectivity index (χ1n) is 7.96. The van der Waals surface area contributed by atoms with E-state index in [1.54, 1.807) is 4.90 Å². The smallest absolute Gasteiger partial charge is 0.248 e. The van der Waals surface area contributed by atoms with Crippen molar-refractivity contribution in [2.24, 2.45) is 0 Å². The van der Waals surface area contributed by atoms with Crippen molar-refractivity contribution < 1.29 is 9.53 Å². The van der Waals surface area contributed by atoms with Crippen LogP contribution >= 0.6 is 0 Å². The van der Waals surface area contributed by atoms with Gasteiger partial charge in [-0.2, -0.15) is 0 Å². The zero-order valence-corrected chi connectivity index (χ0v) is 14.7. The number of likely N-dealkylation sites (N-methyl/N-ethyl adjacent to an activating group) is 2. The molecule has 21 heavy (non-hydrogen) atoms. The summed E-state index contributed by atoms with van der Waals surface area (Å²) in [6.07, 6.45) is 2.44. The highest BCUT2D eigenvalue weighted by molar-refractivity contribution is 5.77. The van der Waals surface area contributed by atoms with Crippen molar-refractivity contribution in [1.82, 2.24) is 14.7 Å². The molecule has 124 valence electrons. The lowest BCUT2D eigenvalue weighted by atomic mass is 10.0. The van der Waals surface area contributed by atoms with Gasteiger partial charge < -0.3 is 19.4 Å². The molecule has 0 aromatic carbocycles. The molecule has 0 unspecified atom stereocenters. The summed E-state index contributed by atoms with van der Waals surface area (Å²) in [4.78, 5) is 18.5. The van der Waals surface area contributed by atoms with Crippen LogP contribution in [-0.2, 0) is 9.53 Å². The predicted molar refractivity (Wildman–Crippen MR) is 86.5 cm³/mol. The fraction of sp³-hybridized carbons (Fsp3) is 0.938. The van der Waals surface area contributed by atoms with Gasteiger partial charge in [-0.25, -0.2) is 0 Å². The molecule has 0 bridgehead atoms. The molecule has 0 N–H and O–H groups in total. The average Bonchev–Trinajstić information content (AvgIpc) is 2.41. The quantitative estimate of drug-likeness (QED) is 0.740. The van der Waals surface area contributed by atoms with E-state index in [-0.39, 0.29) is 18.1 Å². The zero-order chi connectivity index (χ0) is 16.0. The Balaban J connectivity index is 2.25. The van der Waals surface area contributed by atoms with Gasteiger partial charge in [0.2, 0.25) is 5.91 Å². The molecule has 0 aliphatic carbocycles. The predicted octanol–water partition coefficient (Wildman–Crippen LogP) is 1.29. The Morgan fingerprint density at radius 1 is 1.19 bits per heavy atom. The lowest BCUT2D eigenvalue weighted by Gasteiger charge is -2.35. The maximum atomic E-state index is 12.0. The molecule has 1 amide bonds. The van der Waals surface area contributed by atoms with Crippen LogP contribution < -0.4 is 0 Å². The van der Waals surface area contributed by atoms with E-state index in [9.17, 15) is 4.79 Å². The first kappa shape index (κ1) is 18.4. The molecule has 1 aliphatic rings. The molecule has 1 fully saturated rings. The van der Waals surface area contributed by atoms with Crippen LogP contribution in [0.3, 0.4) is 0 Å². The number of hydrogen-bond acceptors (Lipinski definition) is 4. The van der Waals surface area contributed by atoms with E-state index in [0.717, 1.165) is 13.1 Å². The Kier molecular flexibility index (Phi) is 7.10. The van der Waals surface area contributed by atoms with E-state index in [0.29, 0.717) is 6.04 Å². The summed E-state index contributed by atoms with van der Waals surface area (Å²) in [6.45, 7) is 10.1. The first-order chi connectivity index (χ1) is 9.69. The van der Waals surface area contributed by atoms with Crippen molar-refractivity contribution in [2.75, 3.05) is 53.9 Å². The monoisotopic (exact) mass is 299 g/mol. The van der Waals surface area contributed by atoms with Gasteiger partial charge in [0.05, 0.1) is 5.60 Å². The number of carbonyl (C=O) groups is 1. The third kappa shape index (κ3) is 7.25. The molecule has 0 saturated carbocycles. The van der Waals surface area contributed by atoms with Crippen LogP contribution in [0.25, 0.3) is 0 Å². The Hall–Kier alpha value is -0.650. The van der Waals surface area contributed by atoms with Gasteiger partial charge in [0.15, 0.2) is 0 Å². The Bertz CT molecular complexity index is 320. The molecule has 1 heterocycles. The van der Waals surface area contributed by atoms with Crippen molar-refractivity contribution in [3.05, 3.63) is 0 Å². The highest BCUT2D eigenvalue weighted by Crippen LogP contribution is 2.13. The molecule has 0 aromatic rings. The SMILES string of the molecule is CN1CCC(N(C)CCN(C)C(=O)COC(C)(C)C)CC1. The summed E-state index contributed by atoms with van der Waals surface area (Å²) < 4.78 is 5.54. The van der Waals surface area contributed by atoms with E-state index < -0.39 is 0 Å². The molecule has 0 aromatic heterocycles. The minimum Gasteiger partial charge on any atom is -0.366 e. The fourth-order valence-electron chi connectivity index (χ4n) is 2.44. The van der Waals surface area contributed by atoms with Crippen LogP contribution in [0.1, 0.15) is 33.6 Å². The van der Waals surface area contributed by atoms with Crippen molar-refractivity contribution in [2.45, 2.75) is 45.3 Å². The van der Waals surface area contributed by atoms with E-state index in [1.807, 2.05) is 27.8 Å². The number of nitrogens with zero attached hydrogens (tertiary/aromatic N) is 3. The second-order valence-corrected chi connectivity index (χ2v) is 7.23. The van der Waals surface area contributed by atoms with Crippen LogP contribution in [-0.4, -0.2) is 86.2 Å². The number of carbonyl (C=O) groups excluding carboxylic acids is 1. The van der Waals surface area contributed by atoms with Crippen molar-refractivity contribution in [1.29, 1.82) is 0 Å². The third-order valence-electron chi connectivity index (χ3n) is 4.15. The summed E-state index contributed by atoms with van der Waals surface area (Å²) in [5.74, 6) is 0.0571. The zero-order valence-electron chi connectivity index (χ0n) is 14.7. The van der Waals surface area contributed by atoms with E-state index >= 15 is 0 Å². The standard InChI is InChI=1S/C16H33N3O2/c1-16(2,3)21-13-15(20)19(6)12-11-18(5)14-7-9-17(4)10-8-14/h14H,7-13H2,1-6H3. The summed E-state index contributed by atoms with van der Waals surface area (Å²) in [6, 6.07) is 0.649. The number of amides is 1. The highest BCUT2D eigenvalue weighted by Gasteiger charge is 2.21. The first-order valence-corrected chi connectivity index (χ1v) is 7.96. The molecule has 5 nitrogen and oxygen atoms in total. The maximum Gasteiger partial charge on any atom is 0.248 e. The van der Waals surface area contributed by atoms with Gasteiger partial charge in [-0.05, 0) is 60.8 Å². The lowest BCUT2D eigenvalue weighted by molar-refractivity contribution is -0.139. The van der Waals surface area contributed by atoms with Crippen LogP contribution in [0.15, 0.2) is 0 Å². The van der Waals surface area contributed by atoms with E-state index in [2.05, 4.69) is 23.9 Å². The second-order valence-electron chi connectivity index (χ2n) is 7.23. The van der Waals surface area contributed by atoms with Crippen LogP contribution in [0, 0.1) is 0 Å². The van der Waals surface area contributed by atoms with Crippen molar-refractivity contribution in [3.8, 4) is 0 Å². The average molecular weight is 299 g/mol. The lowest BCUT2D eigenvalue weighted by Crippen LogP contribution is -2.45. The number of piperidine rings is 1. The molecular formula is C16H33N3O2. The summed E-state index contributed by atoms with van der Waals surface area (Å²) in [7, 11) is 6.20. The molecule has 1 aliphatic heterocycles. The van der Waals surface area contributed by atoms with Crippen LogP contribution in [0.2, 0.25) is 0 Å². The van der Waals surface area contributed by atoms with Gasteiger partial charge in [-0.15, -0.1) is 0 Å². The van der Waals surface area contributed by atoms with Gasteiger partial charge in [0, 0.05) is 26.2 Å². The summed E-state index contributed by atoms with van der Waals surface area (Å²) in [5.41, 5.74) is -0.262. The Morgan fingerprint density at radius 2 is 1.76 bits per heavy atom. The summed E-state index contributed by atoms with van der Waals surface area (Å²) >= 11 is 0. The van der Waals surface area contributed by atoms with Gasteiger partial charge in [0.25, 0.3) is 0 Å². The highest BCUT2D eigenvalue weighted by atomic mass is 16.5. The number of hydrogen-bond donors (Lipinski definition) is 0. The molecule has 0 spiro atoms. The number of likely N-dealkylation sites (tertiary alicyclic amines) is 1. The molecule has 1 saturated heterocycles. The normalized spacial score (nSPS) is 18.2. The fourth-order valence-corrected chi connectivity index (χ4v) is 2.44. The van der Waals surface area contributed by atoms with Gasteiger partial charge in [-0.1, -0.05) is 0 Å². The molecule has 1 rings (SSSR count). The van der Waals surface area contributed by atoms with Crippen LogP contribution in [0.4, 0.5) is 0 Å². The van der Waals surface area contributed by atoms with Crippen molar-refractivity contribution in [3.63, 3.8) is 0 Å². The number of ether oxygens (including phenoxy) is 1.